The number of rotatable bonds is 17. The zero-order valence-corrected chi connectivity index (χ0v) is 44.9. The number of hydrogen-bond donors (Lipinski definition) is 0. The molecule has 1 aromatic heterocycles. The summed E-state index contributed by atoms with van der Waals surface area (Å²) in [5.74, 6) is 2.97. The Bertz CT molecular complexity index is 4130. The normalized spacial score (nSPS) is 14.0. The van der Waals surface area contributed by atoms with Crippen LogP contribution >= 0.6 is 0 Å². The Morgan fingerprint density at radius 1 is 0.506 bits per heavy atom. The Hall–Kier alpha value is -9.38. The largest absolute Gasteiger partial charge is 0.493 e. The first-order chi connectivity index (χ1) is 39.0. The van der Waals surface area contributed by atoms with Gasteiger partial charge in [-0.1, -0.05) is 203 Å². The van der Waals surface area contributed by atoms with Crippen molar-refractivity contribution in [3.8, 4) is 45.2 Å². The average molecular weight is 1020 g/mol. The van der Waals surface area contributed by atoms with Crippen molar-refractivity contribution in [3.05, 3.63) is 289 Å². The molecule has 0 aliphatic heterocycles. The predicted molar refractivity (Wildman–Crippen MR) is 331 cm³/mol. The van der Waals surface area contributed by atoms with Gasteiger partial charge in [0.15, 0.2) is 0 Å². The van der Waals surface area contributed by atoms with Gasteiger partial charge in [-0.15, -0.1) is 0 Å². The Balaban J connectivity index is 0.950. The van der Waals surface area contributed by atoms with Crippen molar-refractivity contribution < 1.29 is 9.47 Å². The van der Waals surface area contributed by atoms with E-state index in [4.69, 9.17) is 9.47 Å². The van der Waals surface area contributed by atoms with E-state index in [1.807, 2.05) is 30.3 Å². The van der Waals surface area contributed by atoms with Crippen LogP contribution in [0.1, 0.15) is 67.3 Å². The summed E-state index contributed by atoms with van der Waals surface area (Å²) in [4.78, 5) is 2.45. The number of para-hydroxylation sites is 2. The van der Waals surface area contributed by atoms with E-state index in [-0.39, 0.29) is 0 Å². The lowest BCUT2D eigenvalue weighted by Gasteiger charge is -2.35. The second-order valence-corrected chi connectivity index (χ2v) is 21.0. The fourth-order valence-electron chi connectivity index (χ4n) is 12.3. The van der Waals surface area contributed by atoms with Crippen molar-refractivity contribution in [1.29, 1.82) is 0 Å². The van der Waals surface area contributed by atoms with Crippen LogP contribution in [-0.2, 0) is 5.41 Å². The lowest BCUT2D eigenvalue weighted by atomic mass is 9.67. The predicted octanol–water partition coefficient (Wildman–Crippen LogP) is 20.5. The van der Waals surface area contributed by atoms with Gasteiger partial charge >= 0.3 is 0 Å². The third-order valence-corrected chi connectivity index (χ3v) is 16.4. The van der Waals surface area contributed by atoms with Crippen molar-refractivity contribution in [2.24, 2.45) is 5.92 Å². The van der Waals surface area contributed by atoms with Crippen molar-refractivity contribution >= 4 is 55.7 Å². The van der Waals surface area contributed by atoms with Gasteiger partial charge in [-0.05, 0) is 165 Å². The summed E-state index contributed by atoms with van der Waals surface area (Å²) in [6.07, 6.45) is 6.55. The average Bonchev–Trinajstić information content (AvgIpc) is 4.12. The minimum absolute atomic E-state index is 0.531. The second kappa shape index (κ2) is 21.2. The van der Waals surface area contributed by atoms with Gasteiger partial charge in [-0.2, -0.15) is 0 Å². The van der Waals surface area contributed by atoms with Crippen LogP contribution in [0.2, 0.25) is 0 Å². The lowest BCUT2D eigenvalue weighted by Crippen LogP contribution is -2.29. The molecule has 0 radical (unpaired) electrons. The van der Waals surface area contributed by atoms with Crippen molar-refractivity contribution in [2.45, 2.75) is 44.9 Å². The Kier molecular flexibility index (Phi) is 13.2. The highest BCUT2D eigenvalue weighted by Gasteiger charge is 2.46. The molecule has 384 valence electrons. The van der Waals surface area contributed by atoms with E-state index in [2.05, 4.69) is 260 Å². The van der Waals surface area contributed by atoms with E-state index in [9.17, 15) is 0 Å². The summed E-state index contributed by atoms with van der Waals surface area (Å²) in [5, 5.41) is 4.83. The summed E-state index contributed by atoms with van der Waals surface area (Å²) in [5.41, 5.74) is 16.7. The SMILES string of the molecule is C=Cc1ccc(Oc2ccc(C3(c4ccc(OCC(CC)CCCC)cc4)c4ccccc4-c4ccc(N(c5ccc(-c6ccc7c(c6)c6ccccc6n7-c6ccccc6)cc5)c5cccc6ccccc56)cc43)cc2)cc1. The van der Waals surface area contributed by atoms with E-state index in [0.29, 0.717) is 12.5 Å². The summed E-state index contributed by atoms with van der Waals surface area (Å²) >= 11 is 0. The zero-order valence-electron chi connectivity index (χ0n) is 44.9. The molecule has 0 amide bonds. The molecule has 11 aromatic carbocycles. The molecular formula is C75H62N2O2. The lowest BCUT2D eigenvalue weighted by molar-refractivity contribution is 0.233. The molecule has 12 aromatic rings. The Labute approximate surface area is 464 Å². The van der Waals surface area contributed by atoms with Crippen LogP contribution < -0.4 is 14.4 Å². The highest BCUT2D eigenvalue weighted by atomic mass is 16.5. The molecule has 13 rings (SSSR count). The van der Waals surface area contributed by atoms with Gasteiger partial charge in [0.25, 0.3) is 0 Å². The molecule has 2 unspecified atom stereocenters. The number of nitrogens with zero attached hydrogens (tertiary/aromatic N) is 2. The fourth-order valence-corrected chi connectivity index (χ4v) is 12.3. The number of ether oxygens (including phenoxy) is 2. The van der Waals surface area contributed by atoms with E-state index in [0.717, 1.165) is 63.1 Å². The van der Waals surface area contributed by atoms with Gasteiger partial charge in [0.2, 0.25) is 0 Å². The summed E-state index contributed by atoms with van der Waals surface area (Å²) < 4.78 is 15.4. The van der Waals surface area contributed by atoms with E-state index >= 15 is 0 Å². The van der Waals surface area contributed by atoms with Gasteiger partial charge in [-0.3, -0.25) is 0 Å². The maximum absolute atomic E-state index is 6.58. The quantitative estimate of drug-likeness (QED) is 0.0909. The minimum atomic E-state index is -0.700. The smallest absolute Gasteiger partial charge is 0.127 e. The minimum Gasteiger partial charge on any atom is -0.493 e. The van der Waals surface area contributed by atoms with Gasteiger partial charge in [0.05, 0.1) is 28.7 Å². The van der Waals surface area contributed by atoms with E-state index in [1.54, 1.807) is 0 Å². The molecule has 0 bridgehead atoms. The monoisotopic (exact) mass is 1020 g/mol. The number of fused-ring (bicyclic) bond motifs is 7. The van der Waals surface area contributed by atoms with Crippen LogP contribution in [0.15, 0.2) is 261 Å². The first-order valence-corrected chi connectivity index (χ1v) is 28.0. The molecule has 0 saturated carbocycles. The molecule has 1 heterocycles. The topological polar surface area (TPSA) is 26.6 Å². The fraction of sp³-hybridized carbons (Fsp3) is 0.120. The van der Waals surface area contributed by atoms with Crippen LogP contribution in [0.3, 0.4) is 0 Å². The highest BCUT2D eigenvalue weighted by Crippen LogP contribution is 2.58. The molecule has 0 fully saturated rings. The van der Waals surface area contributed by atoms with Gasteiger partial charge in [-0.25, -0.2) is 0 Å². The molecule has 0 saturated heterocycles. The number of anilines is 3. The van der Waals surface area contributed by atoms with Crippen LogP contribution in [0.5, 0.6) is 17.2 Å². The van der Waals surface area contributed by atoms with Crippen LogP contribution in [0, 0.1) is 5.92 Å². The van der Waals surface area contributed by atoms with Crippen molar-refractivity contribution in [3.63, 3.8) is 0 Å². The molecule has 4 nitrogen and oxygen atoms in total. The van der Waals surface area contributed by atoms with Crippen molar-refractivity contribution in [1.82, 2.24) is 4.57 Å². The summed E-state index contributed by atoms with van der Waals surface area (Å²) in [7, 11) is 0. The van der Waals surface area contributed by atoms with Crippen LogP contribution in [0.4, 0.5) is 17.1 Å². The maximum Gasteiger partial charge on any atom is 0.127 e. The molecule has 1 aliphatic carbocycles. The molecule has 4 heteroatoms. The van der Waals surface area contributed by atoms with Gasteiger partial charge in [0, 0.05) is 33.2 Å². The van der Waals surface area contributed by atoms with Crippen LogP contribution in [-0.4, -0.2) is 11.2 Å². The Morgan fingerprint density at radius 3 is 1.87 bits per heavy atom. The zero-order chi connectivity index (χ0) is 53.3. The number of benzene rings is 11. The van der Waals surface area contributed by atoms with Crippen molar-refractivity contribution in [2.75, 3.05) is 11.5 Å². The Morgan fingerprint density at radius 2 is 1.13 bits per heavy atom. The summed E-state index contributed by atoms with van der Waals surface area (Å²) in [6.45, 7) is 9.19. The highest BCUT2D eigenvalue weighted by molar-refractivity contribution is 6.10. The molecule has 1 aliphatic rings. The van der Waals surface area contributed by atoms with E-state index in [1.165, 1.54) is 85.2 Å². The molecule has 0 spiro atoms. The first-order valence-electron chi connectivity index (χ1n) is 28.0. The van der Waals surface area contributed by atoms with Gasteiger partial charge < -0.3 is 18.9 Å². The van der Waals surface area contributed by atoms with E-state index < -0.39 is 5.41 Å². The molecule has 79 heavy (non-hydrogen) atoms. The third kappa shape index (κ3) is 8.94. The third-order valence-electron chi connectivity index (χ3n) is 16.4. The molecule has 0 N–H and O–H groups in total. The second-order valence-electron chi connectivity index (χ2n) is 21.0. The number of unbranched alkanes of at least 4 members (excludes halogenated alkanes) is 1. The first kappa shape index (κ1) is 49.2. The standard InChI is InChI=1S/C75H62N2O2/c1-4-7-18-53(6-3)51-78-62-43-34-57(35-44-62)75(58-36-45-64(46-37-58)79-63-41-29-52(5-2)30-42-63)70-26-15-13-24-66(70)67-47-40-61(50-71(67)75)76(72-28-17-20-55-19-11-12-23-65(55)72)60-38-31-54(32-39-60)56-33-48-74-69(49-56)68-25-14-16-27-73(68)77(74)59-21-9-8-10-22-59/h5,8-17,19-50,53H,2,4,6-7,18,51H2,1,3H3. The summed E-state index contributed by atoms with van der Waals surface area (Å²) in [6, 6.07) is 92.7. The van der Waals surface area contributed by atoms with Crippen LogP contribution in [0.25, 0.3) is 66.6 Å². The number of aromatic nitrogens is 1. The number of hydrogen-bond acceptors (Lipinski definition) is 3. The maximum atomic E-state index is 6.58. The van der Waals surface area contributed by atoms with Gasteiger partial charge in [0.1, 0.15) is 17.2 Å². The molecule has 2 atom stereocenters. The molecular weight excluding hydrogens is 961 g/mol.